The van der Waals surface area contributed by atoms with Crippen LogP contribution in [0.1, 0.15) is 25.6 Å². The smallest absolute Gasteiger partial charge is 0.255 e. The van der Waals surface area contributed by atoms with Crippen molar-refractivity contribution in [1.29, 1.82) is 0 Å². The van der Waals surface area contributed by atoms with Gasteiger partial charge in [0.2, 0.25) is 0 Å². The third-order valence-corrected chi connectivity index (χ3v) is 5.06. The molecule has 0 atom stereocenters. The maximum atomic E-state index is 12.5. The zero-order valence-corrected chi connectivity index (χ0v) is 16.1. The highest BCUT2D eigenvalue weighted by Crippen LogP contribution is 2.22. The maximum Gasteiger partial charge on any atom is 0.255 e. The number of ether oxygens (including phenoxy) is 1. The first kappa shape index (κ1) is 18.9. The van der Waals surface area contributed by atoms with E-state index < -0.39 is 0 Å². The van der Waals surface area contributed by atoms with Crippen molar-refractivity contribution in [3.8, 4) is 5.75 Å². The van der Waals surface area contributed by atoms with Gasteiger partial charge in [-0.25, -0.2) is 0 Å². The molecule has 0 radical (unpaired) electrons. The highest BCUT2D eigenvalue weighted by Gasteiger charge is 2.14. The second-order valence-corrected chi connectivity index (χ2v) is 7.42. The molecule has 0 saturated heterocycles. The number of hydrogen-bond donors (Lipinski definition) is 2. The number of methoxy groups -OCH3 is 1. The molecule has 3 aromatic rings. The third kappa shape index (κ3) is 4.87. The lowest BCUT2D eigenvalue weighted by Gasteiger charge is -2.11. The van der Waals surface area contributed by atoms with Gasteiger partial charge in [-0.1, -0.05) is 23.7 Å². The minimum absolute atomic E-state index is 0.273. The van der Waals surface area contributed by atoms with Gasteiger partial charge >= 0.3 is 0 Å². The number of hydrogen-bond acceptors (Lipinski definition) is 4. The molecule has 2 aromatic carbocycles. The molecule has 7 heteroatoms. The third-order valence-electron chi connectivity index (χ3n) is 3.82. The van der Waals surface area contributed by atoms with Crippen LogP contribution < -0.4 is 15.4 Å². The summed E-state index contributed by atoms with van der Waals surface area (Å²) in [5.74, 6) is 0.0908. The van der Waals surface area contributed by atoms with Crippen LogP contribution in [0.25, 0.3) is 0 Å². The zero-order chi connectivity index (χ0) is 19.2. The fraction of sp³-hybridized carbons (Fsp3) is 0.100. The van der Waals surface area contributed by atoms with Gasteiger partial charge in [-0.2, -0.15) is 0 Å². The molecule has 0 aliphatic carbocycles. The van der Waals surface area contributed by atoms with Gasteiger partial charge in [0.25, 0.3) is 11.8 Å². The fourth-order valence-electron chi connectivity index (χ4n) is 2.44. The van der Waals surface area contributed by atoms with E-state index in [1.54, 1.807) is 61.7 Å². The highest BCUT2D eigenvalue weighted by molar-refractivity contribution is 7.16. The number of carbonyl (C=O) groups is 2. The fourth-order valence-corrected chi connectivity index (χ4v) is 3.46. The van der Waals surface area contributed by atoms with E-state index in [-0.39, 0.29) is 11.8 Å². The average Bonchev–Trinajstić information content (AvgIpc) is 3.12. The second kappa shape index (κ2) is 8.70. The molecule has 138 valence electrons. The summed E-state index contributed by atoms with van der Waals surface area (Å²) in [4.78, 5) is 26.0. The maximum absolute atomic E-state index is 12.5. The van der Waals surface area contributed by atoms with Gasteiger partial charge < -0.3 is 15.4 Å². The Hall–Kier alpha value is -2.83. The summed E-state index contributed by atoms with van der Waals surface area (Å²) in [5, 5.41) is 5.63. The van der Waals surface area contributed by atoms with E-state index in [9.17, 15) is 9.59 Å². The van der Waals surface area contributed by atoms with Crippen LogP contribution in [0.15, 0.2) is 60.7 Å². The molecule has 2 N–H and O–H groups in total. The molecule has 0 aliphatic heterocycles. The summed E-state index contributed by atoms with van der Waals surface area (Å²) < 4.78 is 5.76. The Bertz CT molecular complexity index is 954. The molecule has 1 aromatic heterocycles. The number of amides is 2. The van der Waals surface area contributed by atoms with Crippen molar-refractivity contribution in [2.24, 2.45) is 0 Å². The van der Waals surface area contributed by atoms with E-state index in [1.165, 1.54) is 11.3 Å². The Morgan fingerprint density at radius 2 is 1.74 bits per heavy atom. The largest absolute Gasteiger partial charge is 0.497 e. The lowest BCUT2D eigenvalue weighted by molar-refractivity contribution is 0.0952. The molecule has 3 rings (SSSR count). The molecule has 27 heavy (non-hydrogen) atoms. The van der Waals surface area contributed by atoms with Crippen molar-refractivity contribution in [2.45, 2.75) is 6.54 Å². The van der Waals surface area contributed by atoms with E-state index in [4.69, 9.17) is 16.3 Å². The number of rotatable bonds is 6. The first-order chi connectivity index (χ1) is 13.1. The van der Waals surface area contributed by atoms with E-state index >= 15 is 0 Å². The number of carbonyl (C=O) groups excluding carboxylic acids is 2. The number of anilines is 1. The Labute approximate surface area is 165 Å². The normalized spacial score (nSPS) is 10.3. The topological polar surface area (TPSA) is 67.4 Å². The molecule has 0 saturated carbocycles. The first-order valence-corrected chi connectivity index (χ1v) is 9.33. The van der Waals surface area contributed by atoms with E-state index in [1.807, 2.05) is 6.07 Å². The monoisotopic (exact) mass is 400 g/mol. The van der Waals surface area contributed by atoms with Crippen LogP contribution in [0.3, 0.4) is 0 Å². The minimum Gasteiger partial charge on any atom is -0.497 e. The number of halogens is 1. The molecule has 1 heterocycles. The van der Waals surface area contributed by atoms with Gasteiger partial charge in [-0.15, -0.1) is 11.3 Å². The van der Waals surface area contributed by atoms with Gasteiger partial charge in [0, 0.05) is 10.4 Å². The van der Waals surface area contributed by atoms with Gasteiger partial charge in [-0.05, 0) is 48.5 Å². The summed E-state index contributed by atoms with van der Waals surface area (Å²) >= 11 is 7.31. The van der Waals surface area contributed by atoms with E-state index in [2.05, 4.69) is 10.6 Å². The Morgan fingerprint density at radius 1 is 1.00 bits per heavy atom. The van der Waals surface area contributed by atoms with Gasteiger partial charge in [0.05, 0.1) is 29.2 Å². The summed E-state index contributed by atoms with van der Waals surface area (Å²) in [6, 6.07) is 17.3. The van der Waals surface area contributed by atoms with Gasteiger partial charge in [0.1, 0.15) is 5.75 Å². The lowest BCUT2D eigenvalue weighted by atomic mass is 10.1. The SMILES string of the molecule is COc1ccc(C(=O)Nc2ccccc2C(=O)NCc2ccc(Cl)s2)cc1. The molecule has 0 unspecified atom stereocenters. The lowest BCUT2D eigenvalue weighted by Crippen LogP contribution is -2.24. The van der Waals surface area contributed by atoms with Crippen LogP contribution in [0.5, 0.6) is 5.75 Å². The quantitative estimate of drug-likeness (QED) is 0.635. The van der Waals surface area contributed by atoms with Crippen molar-refractivity contribution in [3.05, 3.63) is 81.0 Å². The number of thiophene rings is 1. The van der Waals surface area contributed by atoms with Crippen LogP contribution in [0.2, 0.25) is 4.34 Å². The predicted molar refractivity (Wildman–Crippen MR) is 108 cm³/mol. The van der Waals surface area contributed by atoms with Crippen LogP contribution >= 0.6 is 22.9 Å². The Kier molecular flexibility index (Phi) is 6.11. The van der Waals surface area contributed by atoms with E-state index in [0.717, 1.165) is 4.88 Å². The Morgan fingerprint density at radius 3 is 2.41 bits per heavy atom. The van der Waals surface area contributed by atoms with Gasteiger partial charge in [-0.3, -0.25) is 9.59 Å². The standard InChI is InChI=1S/C20H17ClN2O3S/c1-26-14-8-6-13(7-9-14)19(24)23-17-5-3-2-4-16(17)20(25)22-12-15-10-11-18(21)27-15/h2-11H,12H2,1H3,(H,22,25)(H,23,24). The molecule has 0 aliphatic rings. The van der Waals surface area contributed by atoms with Crippen LogP contribution in [0, 0.1) is 0 Å². The molecule has 0 bridgehead atoms. The minimum atomic E-state index is -0.303. The van der Waals surface area contributed by atoms with Crippen molar-refractivity contribution < 1.29 is 14.3 Å². The van der Waals surface area contributed by atoms with Gasteiger partial charge in [0.15, 0.2) is 0 Å². The van der Waals surface area contributed by atoms with Crippen LogP contribution in [-0.4, -0.2) is 18.9 Å². The molecule has 0 fully saturated rings. The summed E-state index contributed by atoms with van der Waals surface area (Å²) in [6.07, 6.45) is 0. The predicted octanol–water partition coefficient (Wildman–Crippen LogP) is 4.59. The second-order valence-electron chi connectivity index (χ2n) is 5.62. The summed E-state index contributed by atoms with van der Waals surface area (Å²) in [7, 11) is 1.56. The average molecular weight is 401 g/mol. The van der Waals surface area contributed by atoms with Crippen LogP contribution in [-0.2, 0) is 6.54 Å². The van der Waals surface area contributed by atoms with Crippen molar-refractivity contribution in [3.63, 3.8) is 0 Å². The van der Waals surface area contributed by atoms with Crippen molar-refractivity contribution >= 4 is 40.4 Å². The molecule has 2 amide bonds. The molecular formula is C20H17ClN2O3S. The highest BCUT2D eigenvalue weighted by atomic mass is 35.5. The first-order valence-electron chi connectivity index (χ1n) is 8.13. The number of nitrogens with one attached hydrogen (secondary N) is 2. The van der Waals surface area contributed by atoms with E-state index in [0.29, 0.717) is 33.4 Å². The number of benzene rings is 2. The Balaban J connectivity index is 1.70. The molecular weight excluding hydrogens is 384 g/mol. The van der Waals surface area contributed by atoms with Crippen molar-refractivity contribution in [2.75, 3.05) is 12.4 Å². The van der Waals surface area contributed by atoms with Crippen LogP contribution in [0.4, 0.5) is 5.69 Å². The number of para-hydroxylation sites is 1. The van der Waals surface area contributed by atoms with Crippen molar-refractivity contribution in [1.82, 2.24) is 5.32 Å². The zero-order valence-electron chi connectivity index (χ0n) is 14.5. The summed E-state index contributed by atoms with van der Waals surface area (Å²) in [6.45, 7) is 0.372. The summed E-state index contributed by atoms with van der Waals surface area (Å²) in [5.41, 5.74) is 1.31. The molecule has 0 spiro atoms. The molecule has 5 nitrogen and oxygen atoms in total.